The normalized spacial score (nSPS) is 12.7. The summed E-state index contributed by atoms with van der Waals surface area (Å²) in [7, 11) is 0. The third-order valence-electron chi connectivity index (χ3n) is 1.44. The van der Waals surface area contributed by atoms with Crippen molar-refractivity contribution >= 4 is 6.20 Å². The molecular weight excluding hydrogens is 206 g/mol. The van der Waals surface area contributed by atoms with Gasteiger partial charge < -0.3 is 21.7 Å². The van der Waals surface area contributed by atoms with Crippen molar-refractivity contribution in [2.75, 3.05) is 6.61 Å². The van der Waals surface area contributed by atoms with Gasteiger partial charge in [0.15, 0.2) is 12.4 Å². The summed E-state index contributed by atoms with van der Waals surface area (Å²) < 4.78 is 7.25. The van der Waals surface area contributed by atoms with Crippen LogP contribution in [-0.2, 0) is 0 Å². The SMILES string of the molecule is C1=C[n+]2ccccc2OC1.[Br-]. The van der Waals surface area contributed by atoms with Crippen LogP contribution in [0.15, 0.2) is 30.5 Å². The van der Waals surface area contributed by atoms with Crippen LogP contribution < -0.4 is 26.3 Å². The van der Waals surface area contributed by atoms with Crippen molar-refractivity contribution in [3.8, 4) is 5.88 Å². The van der Waals surface area contributed by atoms with Crippen molar-refractivity contribution in [2.45, 2.75) is 0 Å². The molecule has 2 heterocycles. The second kappa shape index (κ2) is 3.53. The maximum Gasteiger partial charge on any atom is 0.373 e. The minimum absolute atomic E-state index is 0. The lowest BCUT2D eigenvalue weighted by molar-refractivity contribution is -0.579. The summed E-state index contributed by atoms with van der Waals surface area (Å²) in [4.78, 5) is 0. The average Bonchev–Trinajstić information content (AvgIpc) is 2.05. The summed E-state index contributed by atoms with van der Waals surface area (Å²) in [6.07, 6.45) is 5.94. The fourth-order valence-corrected chi connectivity index (χ4v) is 0.976. The predicted molar refractivity (Wildman–Crippen MR) is 37.5 cm³/mol. The molecular formula is C8H8BrNO. The molecule has 11 heavy (non-hydrogen) atoms. The van der Waals surface area contributed by atoms with Gasteiger partial charge in [0.2, 0.25) is 0 Å². The van der Waals surface area contributed by atoms with Crippen LogP contribution in [0.4, 0.5) is 0 Å². The van der Waals surface area contributed by atoms with E-state index in [2.05, 4.69) is 0 Å². The zero-order chi connectivity index (χ0) is 6.81. The highest BCUT2D eigenvalue weighted by molar-refractivity contribution is 5.16. The van der Waals surface area contributed by atoms with Crippen LogP contribution in [0.5, 0.6) is 5.88 Å². The topological polar surface area (TPSA) is 13.1 Å². The van der Waals surface area contributed by atoms with E-state index in [1.54, 1.807) is 0 Å². The van der Waals surface area contributed by atoms with Gasteiger partial charge in [0.05, 0.1) is 6.07 Å². The van der Waals surface area contributed by atoms with E-state index in [1.165, 1.54) is 0 Å². The van der Waals surface area contributed by atoms with Gasteiger partial charge in [-0.25, -0.2) is 0 Å². The molecule has 0 bridgehead atoms. The largest absolute Gasteiger partial charge is 1.00 e. The molecule has 2 rings (SSSR count). The smallest absolute Gasteiger partial charge is 0.373 e. The Labute approximate surface area is 75.9 Å². The maximum atomic E-state index is 5.30. The van der Waals surface area contributed by atoms with Gasteiger partial charge in [0, 0.05) is 12.1 Å². The van der Waals surface area contributed by atoms with Crippen molar-refractivity contribution in [1.29, 1.82) is 0 Å². The molecule has 1 aromatic heterocycles. The lowest BCUT2D eigenvalue weighted by atomic mass is 10.4. The van der Waals surface area contributed by atoms with Gasteiger partial charge in [-0.1, -0.05) is 0 Å². The zero-order valence-corrected chi connectivity index (χ0v) is 7.49. The summed E-state index contributed by atoms with van der Waals surface area (Å²) in [6, 6.07) is 5.89. The fourth-order valence-electron chi connectivity index (χ4n) is 0.976. The van der Waals surface area contributed by atoms with Crippen LogP contribution in [0.1, 0.15) is 0 Å². The van der Waals surface area contributed by atoms with Crippen LogP contribution in [0.25, 0.3) is 6.20 Å². The number of nitrogens with zero attached hydrogens (tertiary/aromatic N) is 1. The molecule has 0 aromatic carbocycles. The average molecular weight is 214 g/mol. The second-order valence-corrected chi connectivity index (χ2v) is 2.14. The standard InChI is InChI=1S/C8H8NO.BrH/c1-2-5-9-6-3-7-10-8(9)4-1;/h1-6H,7H2;1H/q+1;/p-1. The summed E-state index contributed by atoms with van der Waals surface area (Å²) in [6.45, 7) is 0.685. The van der Waals surface area contributed by atoms with Crippen LogP contribution in [0.2, 0.25) is 0 Å². The van der Waals surface area contributed by atoms with Crippen molar-refractivity contribution in [2.24, 2.45) is 0 Å². The number of rotatable bonds is 0. The van der Waals surface area contributed by atoms with Crippen LogP contribution in [0.3, 0.4) is 0 Å². The van der Waals surface area contributed by atoms with Crippen molar-refractivity contribution in [1.82, 2.24) is 0 Å². The molecule has 1 aromatic rings. The third kappa shape index (κ3) is 1.60. The van der Waals surface area contributed by atoms with E-state index in [9.17, 15) is 0 Å². The van der Waals surface area contributed by atoms with Crippen molar-refractivity contribution in [3.05, 3.63) is 30.5 Å². The third-order valence-corrected chi connectivity index (χ3v) is 1.44. The highest BCUT2D eigenvalue weighted by Gasteiger charge is 2.09. The Hall–Kier alpha value is -0.830. The highest BCUT2D eigenvalue weighted by Crippen LogP contribution is 2.04. The molecule has 0 unspecified atom stereocenters. The number of pyridine rings is 1. The van der Waals surface area contributed by atoms with E-state index in [-0.39, 0.29) is 17.0 Å². The summed E-state index contributed by atoms with van der Waals surface area (Å²) >= 11 is 0. The van der Waals surface area contributed by atoms with Crippen LogP contribution >= 0.6 is 0 Å². The van der Waals surface area contributed by atoms with E-state index in [4.69, 9.17) is 4.74 Å². The minimum atomic E-state index is 0. The molecule has 1 aliphatic heterocycles. The summed E-state index contributed by atoms with van der Waals surface area (Å²) in [5, 5.41) is 0. The Morgan fingerprint density at radius 2 is 2.27 bits per heavy atom. The Bertz CT molecular complexity index is 273. The summed E-state index contributed by atoms with van der Waals surface area (Å²) in [5.74, 6) is 0.907. The first-order chi connectivity index (χ1) is 4.97. The molecule has 0 spiro atoms. The molecule has 0 N–H and O–H groups in total. The van der Waals surface area contributed by atoms with E-state index in [1.807, 2.05) is 41.2 Å². The number of halogens is 1. The minimum Gasteiger partial charge on any atom is -1.00 e. The Kier molecular flexibility index (Phi) is 2.65. The zero-order valence-electron chi connectivity index (χ0n) is 5.90. The highest BCUT2D eigenvalue weighted by atomic mass is 79.9. The molecule has 0 fully saturated rings. The summed E-state index contributed by atoms with van der Waals surface area (Å²) in [5.41, 5.74) is 0. The molecule has 0 aliphatic carbocycles. The molecule has 0 atom stereocenters. The van der Waals surface area contributed by atoms with Gasteiger partial charge in [0.25, 0.3) is 0 Å². The maximum absolute atomic E-state index is 5.30. The van der Waals surface area contributed by atoms with Crippen molar-refractivity contribution < 1.29 is 26.3 Å². The van der Waals surface area contributed by atoms with Crippen LogP contribution in [-0.4, -0.2) is 6.61 Å². The van der Waals surface area contributed by atoms with Gasteiger partial charge in [-0.3, -0.25) is 0 Å². The number of aromatic nitrogens is 1. The molecule has 2 nitrogen and oxygen atoms in total. The van der Waals surface area contributed by atoms with E-state index >= 15 is 0 Å². The van der Waals surface area contributed by atoms with E-state index < -0.39 is 0 Å². The molecule has 58 valence electrons. The lowest BCUT2D eigenvalue weighted by Crippen LogP contribution is -3.00. The van der Waals surface area contributed by atoms with Gasteiger partial charge in [-0.2, -0.15) is 0 Å². The monoisotopic (exact) mass is 213 g/mol. The number of hydrogen-bond donors (Lipinski definition) is 0. The van der Waals surface area contributed by atoms with Gasteiger partial charge in [-0.15, -0.1) is 4.57 Å². The molecule has 1 aliphatic rings. The Morgan fingerprint density at radius 1 is 1.36 bits per heavy atom. The second-order valence-electron chi connectivity index (χ2n) is 2.14. The van der Waals surface area contributed by atoms with E-state index in [0.717, 1.165) is 5.88 Å². The Morgan fingerprint density at radius 3 is 3.09 bits per heavy atom. The molecule has 0 saturated carbocycles. The predicted octanol–water partition coefficient (Wildman–Crippen LogP) is -2.16. The van der Waals surface area contributed by atoms with Gasteiger partial charge in [-0.05, 0) is 6.07 Å². The van der Waals surface area contributed by atoms with Crippen molar-refractivity contribution in [3.63, 3.8) is 0 Å². The fraction of sp³-hybridized carbons (Fsp3) is 0.125. The van der Waals surface area contributed by atoms with Crippen LogP contribution in [0, 0.1) is 0 Å². The molecule has 0 radical (unpaired) electrons. The number of ether oxygens (including phenoxy) is 1. The lowest BCUT2D eigenvalue weighted by Gasteiger charge is -2.03. The first-order valence-electron chi connectivity index (χ1n) is 3.26. The number of hydrogen-bond acceptors (Lipinski definition) is 1. The number of fused-ring (bicyclic) bond motifs is 1. The van der Waals surface area contributed by atoms with E-state index in [0.29, 0.717) is 6.61 Å². The first-order valence-corrected chi connectivity index (χ1v) is 3.26. The molecule has 0 amide bonds. The van der Waals surface area contributed by atoms with Gasteiger partial charge in [0.1, 0.15) is 6.61 Å². The quantitative estimate of drug-likeness (QED) is 0.448. The Balaban J connectivity index is 0.000000605. The van der Waals surface area contributed by atoms with Gasteiger partial charge >= 0.3 is 5.88 Å². The first kappa shape index (κ1) is 8.27. The molecule has 0 saturated heterocycles. The molecule has 3 heteroatoms.